The molecule has 0 aliphatic carbocycles. The van der Waals surface area contributed by atoms with Crippen LogP contribution in [-0.2, 0) is 0 Å². The van der Waals surface area contributed by atoms with Gasteiger partial charge in [-0.3, -0.25) is 0 Å². The fourth-order valence-electron chi connectivity index (χ4n) is 0.709. The number of rotatable bonds is 1. The molecular formula is C6H2F5In. The molecule has 1 aromatic rings. The molecule has 0 N–H and O–H groups in total. The molecule has 1 aromatic carbocycles. The summed E-state index contributed by atoms with van der Waals surface area (Å²) < 4.78 is 60.1. The Kier molecular flexibility index (Phi) is 2.98. The Morgan fingerprint density at radius 1 is 0.917 bits per heavy atom. The minimum atomic E-state index is -5.04. The van der Waals surface area contributed by atoms with Crippen LogP contribution in [0.4, 0.5) is 18.5 Å². The van der Waals surface area contributed by atoms with Gasteiger partial charge in [-0.1, -0.05) is 0 Å². The third-order valence-electron chi connectivity index (χ3n) is 1.30. The predicted octanol–water partition coefficient (Wildman–Crippen LogP) is 1.74. The van der Waals surface area contributed by atoms with E-state index in [0.29, 0.717) is 12.1 Å². The van der Waals surface area contributed by atoms with Gasteiger partial charge in [-0.25, -0.2) is 0 Å². The molecule has 0 spiro atoms. The van der Waals surface area contributed by atoms with Gasteiger partial charge in [0, 0.05) is 0 Å². The van der Waals surface area contributed by atoms with E-state index in [1.54, 1.807) is 0 Å². The molecule has 0 atom stereocenters. The van der Waals surface area contributed by atoms with Crippen LogP contribution < -0.4 is 3.32 Å². The van der Waals surface area contributed by atoms with Crippen molar-refractivity contribution in [3.05, 3.63) is 29.6 Å². The van der Waals surface area contributed by atoms with Crippen molar-refractivity contribution in [3.8, 4) is 0 Å². The first-order chi connectivity index (χ1) is 5.54. The van der Waals surface area contributed by atoms with Gasteiger partial charge < -0.3 is 0 Å². The number of hydrogen-bond acceptors (Lipinski definition) is 0. The van der Waals surface area contributed by atoms with Crippen LogP contribution in [0.5, 0.6) is 0 Å². The van der Waals surface area contributed by atoms with Gasteiger partial charge in [0.15, 0.2) is 0 Å². The first-order valence-electron chi connectivity index (χ1n) is 2.95. The first-order valence-corrected chi connectivity index (χ1v) is 7.09. The van der Waals surface area contributed by atoms with Gasteiger partial charge in [0.1, 0.15) is 0 Å². The topological polar surface area (TPSA) is 0 Å². The van der Waals surface area contributed by atoms with Crippen molar-refractivity contribution in [3.63, 3.8) is 0 Å². The van der Waals surface area contributed by atoms with E-state index >= 15 is 0 Å². The summed E-state index contributed by atoms with van der Waals surface area (Å²) in [6.07, 6.45) is 0. The molecule has 1 rings (SSSR count). The van der Waals surface area contributed by atoms with Crippen molar-refractivity contribution < 1.29 is 18.5 Å². The first kappa shape index (κ1) is 9.83. The molecule has 6 heteroatoms. The summed E-state index contributed by atoms with van der Waals surface area (Å²) >= 11 is -5.04. The summed E-state index contributed by atoms with van der Waals surface area (Å²) in [6.45, 7) is 0. The van der Waals surface area contributed by atoms with E-state index in [0.717, 1.165) is 0 Å². The molecule has 0 heterocycles. The minimum absolute atomic E-state index is 0.511. The van der Waals surface area contributed by atoms with Crippen LogP contribution in [0, 0.1) is 17.5 Å². The summed E-state index contributed by atoms with van der Waals surface area (Å²) in [4.78, 5) is 0. The van der Waals surface area contributed by atoms with Crippen LogP contribution >= 0.6 is 0 Å². The van der Waals surface area contributed by atoms with Crippen LogP contribution in [0.3, 0.4) is 0 Å². The molecule has 0 aliphatic rings. The molecule has 0 nitrogen and oxygen atoms in total. The molecule has 0 saturated carbocycles. The van der Waals surface area contributed by atoms with Crippen molar-refractivity contribution in [2.24, 2.45) is 0 Å². The quantitative estimate of drug-likeness (QED) is 0.544. The van der Waals surface area contributed by atoms with E-state index in [-0.39, 0.29) is 0 Å². The van der Waals surface area contributed by atoms with Gasteiger partial charge >= 0.3 is 74.0 Å². The molecule has 12 heavy (non-hydrogen) atoms. The Bertz CT molecular complexity index is 298. The Morgan fingerprint density at radius 2 is 1.50 bits per heavy atom. The normalized spacial score (nSPS) is 10.1. The van der Waals surface area contributed by atoms with Crippen LogP contribution in [0.1, 0.15) is 0 Å². The number of hydrogen-bond donors (Lipinski definition) is 0. The van der Waals surface area contributed by atoms with Crippen LogP contribution in [0.2, 0.25) is 0 Å². The van der Waals surface area contributed by atoms with Crippen molar-refractivity contribution in [2.45, 2.75) is 0 Å². The van der Waals surface area contributed by atoms with Gasteiger partial charge in [-0.05, 0) is 0 Å². The van der Waals surface area contributed by atoms with E-state index in [1.165, 1.54) is 0 Å². The average molecular weight is 284 g/mol. The molecule has 0 saturated heterocycles. The molecule has 0 fully saturated rings. The molecule has 0 unspecified atom stereocenters. The second-order valence-electron chi connectivity index (χ2n) is 2.07. The van der Waals surface area contributed by atoms with E-state index in [1.807, 2.05) is 0 Å². The van der Waals surface area contributed by atoms with Crippen LogP contribution in [0.25, 0.3) is 0 Å². The van der Waals surface area contributed by atoms with Crippen molar-refractivity contribution in [1.82, 2.24) is 0 Å². The number of benzene rings is 1. The monoisotopic (exact) mass is 284 g/mol. The van der Waals surface area contributed by atoms with Gasteiger partial charge in [-0.15, -0.1) is 0 Å². The fourth-order valence-corrected chi connectivity index (χ4v) is 2.31. The Balaban J connectivity index is 3.27. The van der Waals surface area contributed by atoms with Gasteiger partial charge in [-0.2, -0.15) is 0 Å². The molecule has 0 amide bonds. The number of halogens is 5. The van der Waals surface area contributed by atoms with Crippen molar-refractivity contribution >= 4 is 26.0 Å². The molecule has 0 aliphatic heterocycles. The van der Waals surface area contributed by atoms with Gasteiger partial charge in [0.25, 0.3) is 0 Å². The Hall–Kier alpha value is -0.260. The Morgan fingerprint density at radius 3 is 2.00 bits per heavy atom. The zero-order valence-corrected chi connectivity index (χ0v) is 8.92. The summed E-state index contributed by atoms with van der Waals surface area (Å²) in [5.74, 6) is -4.99. The zero-order valence-electron chi connectivity index (χ0n) is 5.62. The van der Waals surface area contributed by atoms with Gasteiger partial charge in [0.05, 0.1) is 0 Å². The van der Waals surface area contributed by atoms with E-state index in [2.05, 4.69) is 0 Å². The van der Waals surface area contributed by atoms with Crippen molar-refractivity contribution in [1.29, 1.82) is 0 Å². The zero-order chi connectivity index (χ0) is 9.30. The maximum absolute atomic E-state index is 12.5. The molecule has 64 valence electrons. The van der Waals surface area contributed by atoms with Crippen molar-refractivity contribution in [2.75, 3.05) is 0 Å². The SMILES string of the molecule is Fc1cc[c]([In]([F])[F])c(F)c1F. The standard InChI is InChI=1S/C6H2F3.2FH.In/c7-4-2-1-3-5(8)6(4)9;;;/h1-2H;2*1H;/q;;;+2/p-2. The molecule has 0 radical (unpaired) electrons. The average Bonchev–Trinajstić information content (AvgIpc) is 2.00. The third kappa shape index (κ3) is 1.73. The van der Waals surface area contributed by atoms with E-state index < -0.39 is 43.4 Å². The predicted molar refractivity (Wildman–Crippen MR) is 33.9 cm³/mol. The summed E-state index contributed by atoms with van der Waals surface area (Å²) in [5.41, 5.74) is 0. The molecule has 0 aromatic heterocycles. The van der Waals surface area contributed by atoms with Gasteiger partial charge in [0.2, 0.25) is 0 Å². The second kappa shape index (κ2) is 3.64. The van der Waals surface area contributed by atoms with E-state index in [4.69, 9.17) is 0 Å². The Labute approximate surface area is 74.3 Å². The summed E-state index contributed by atoms with van der Waals surface area (Å²) in [6, 6.07) is 1.12. The summed E-state index contributed by atoms with van der Waals surface area (Å²) in [5, 5.41) is 0. The van der Waals surface area contributed by atoms with Crippen LogP contribution in [-0.4, -0.2) is 22.6 Å². The summed E-state index contributed by atoms with van der Waals surface area (Å²) in [7, 11) is 0. The molecule has 0 bridgehead atoms. The second-order valence-corrected chi connectivity index (χ2v) is 5.56. The fraction of sp³-hybridized carbons (Fsp3) is 0. The van der Waals surface area contributed by atoms with E-state index in [9.17, 15) is 18.5 Å². The van der Waals surface area contributed by atoms with Crippen LogP contribution in [0.15, 0.2) is 12.1 Å². The molecular weight excluding hydrogens is 282 g/mol. The maximum atomic E-state index is 12.5. The third-order valence-corrected chi connectivity index (χ3v) is 3.91.